The normalized spacial score (nSPS) is 10.5. The van der Waals surface area contributed by atoms with Crippen LogP contribution in [0.1, 0.15) is 13.3 Å². The van der Waals surface area contributed by atoms with Gasteiger partial charge in [0, 0.05) is 11.6 Å². The number of aliphatic hydroxyl groups excluding tert-OH is 1. The highest BCUT2D eigenvalue weighted by atomic mass is 16.5. The number of rotatable bonds is 8. The van der Waals surface area contributed by atoms with Gasteiger partial charge in [0.25, 0.3) is 0 Å². The lowest BCUT2D eigenvalue weighted by Crippen LogP contribution is -2.24. The molecule has 0 aliphatic rings. The van der Waals surface area contributed by atoms with Crippen LogP contribution >= 0.6 is 0 Å². The molecule has 126 valence electrons. The van der Waals surface area contributed by atoms with E-state index in [2.05, 4.69) is 17.9 Å². The fraction of sp³-hybridized carbons (Fsp3) is 0.294. The molecule has 0 fully saturated rings. The first-order valence-corrected chi connectivity index (χ1v) is 6.96. The van der Waals surface area contributed by atoms with E-state index in [0.29, 0.717) is 12.2 Å². The molecule has 0 radical (unpaired) electrons. The van der Waals surface area contributed by atoms with Crippen LogP contribution in [0.15, 0.2) is 55.1 Å². The first kappa shape index (κ1) is 20.4. The Hall–Kier alpha value is -2.60. The fourth-order valence-corrected chi connectivity index (χ4v) is 1.15. The molecule has 0 aromatic heterocycles. The van der Waals surface area contributed by atoms with Gasteiger partial charge in [0.2, 0.25) is 0 Å². The largest absolute Gasteiger partial charge is 0.491 e. The third kappa shape index (κ3) is 10.7. The van der Waals surface area contributed by atoms with Crippen molar-refractivity contribution >= 4 is 11.9 Å². The zero-order valence-electron chi connectivity index (χ0n) is 13.1. The topological polar surface area (TPSA) is 93.1 Å². The molecule has 23 heavy (non-hydrogen) atoms. The second kappa shape index (κ2) is 12.0. The van der Waals surface area contributed by atoms with Gasteiger partial charge in [-0.3, -0.25) is 0 Å². The first-order valence-electron chi connectivity index (χ1n) is 6.96. The molecule has 0 bridgehead atoms. The average molecular weight is 322 g/mol. The maximum Gasteiger partial charge on any atom is 0.330 e. The van der Waals surface area contributed by atoms with Crippen LogP contribution in [0.4, 0.5) is 0 Å². The molecule has 0 spiro atoms. The van der Waals surface area contributed by atoms with E-state index in [4.69, 9.17) is 9.84 Å². The van der Waals surface area contributed by atoms with E-state index >= 15 is 0 Å². The number of para-hydroxylation sites is 1. The summed E-state index contributed by atoms with van der Waals surface area (Å²) in [5.41, 5.74) is 0.264. The van der Waals surface area contributed by atoms with Crippen molar-refractivity contribution in [3.05, 3.63) is 55.1 Å². The number of hydrogen-bond acceptors (Lipinski definition) is 5. The lowest BCUT2D eigenvalue weighted by molar-refractivity contribution is -0.141. The van der Waals surface area contributed by atoms with Crippen LogP contribution in [-0.2, 0) is 14.3 Å². The van der Waals surface area contributed by atoms with Crippen LogP contribution < -0.4 is 4.74 Å². The maximum absolute atomic E-state index is 10.7. The number of hydrogen-bond donors (Lipinski definition) is 2. The Morgan fingerprint density at radius 3 is 2.30 bits per heavy atom. The van der Waals surface area contributed by atoms with Crippen molar-refractivity contribution in [1.29, 1.82) is 0 Å². The molecule has 6 heteroatoms. The summed E-state index contributed by atoms with van der Waals surface area (Å²) in [4.78, 5) is 20.5. The minimum Gasteiger partial charge on any atom is -0.491 e. The number of esters is 1. The van der Waals surface area contributed by atoms with Crippen molar-refractivity contribution in [2.45, 2.75) is 19.4 Å². The van der Waals surface area contributed by atoms with Crippen molar-refractivity contribution in [2.24, 2.45) is 0 Å². The predicted octanol–water partition coefficient (Wildman–Crippen LogP) is 2.19. The quantitative estimate of drug-likeness (QED) is 0.563. The van der Waals surface area contributed by atoms with Gasteiger partial charge in [0.1, 0.15) is 25.1 Å². The molecule has 1 unspecified atom stereocenters. The van der Waals surface area contributed by atoms with Crippen LogP contribution in [0.5, 0.6) is 5.75 Å². The van der Waals surface area contributed by atoms with Gasteiger partial charge in [0.05, 0.1) is 0 Å². The average Bonchev–Trinajstić information content (AvgIpc) is 2.58. The summed E-state index contributed by atoms with van der Waals surface area (Å²) in [6, 6.07) is 9.10. The monoisotopic (exact) mass is 322 g/mol. The van der Waals surface area contributed by atoms with Gasteiger partial charge in [-0.1, -0.05) is 38.3 Å². The van der Waals surface area contributed by atoms with Crippen LogP contribution in [0.2, 0.25) is 0 Å². The molecule has 2 N–H and O–H groups in total. The minimum absolute atomic E-state index is 0.0778. The second-order valence-electron chi connectivity index (χ2n) is 4.37. The lowest BCUT2D eigenvalue weighted by Gasteiger charge is -2.11. The van der Waals surface area contributed by atoms with Crippen LogP contribution in [0, 0.1) is 0 Å². The molecule has 0 amide bonds. The lowest BCUT2D eigenvalue weighted by atomic mass is 10.2. The van der Waals surface area contributed by atoms with Crippen molar-refractivity contribution < 1.29 is 29.3 Å². The summed E-state index contributed by atoms with van der Waals surface area (Å²) in [6.45, 7) is 8.26. The van der Waals surface area contributed by atoms with Crippen molar-refractivity contribution in [3.63, 3.8) is 0 Å². The summed E-state index contributed by atoms with van der Waals surface area (Å²) in [6.07, 6.45) is 0.726. The van der Waals surface area contributed by atoms with Gasteiger partial charge >= 0.3 is 11.9 Å². The highest BCUT2D eigenvalue weighted by Crippen LogP contribution is 2.08. The second-order valence-corrected chi connectivity index (χ2v) is 4.37. The molecule has 0 aliphatic heterocycles. The molecule has 1 atom stereocenters. The van der Waals surface area contributed by atoms with Crippen molar-refractivity contribution in [1.82, 2.24) is 0 Å². The number of carbonyl (C=O) groups excluding carboxylic acids is 1. The van der Waals surface area contributed by atoms with E-state index in [1.54, 1.807) is 19.1 Å². The van der Waals surface area contributed by atoms with Crippen LogP contribution in [0.25, 0.3) is 0 Å². The molecule has 0 saturated heterocycles. The summed E-state index contributed by atoms with van der Waals surface area (Å²) in [7, 11) is 0. The molecular formula is C17H22O6. The number of aliphatic carboxylic acids is 1. The SMILES string of the molecule is C=C(CC)C(=O)O.C=CC(=O)OCC(O)COc1ccccc1. The highest BCUT2D eigenvalue weighted by Gasteiger charge is 2.07. The molecular weight excluding hydrogens is 300 g/mol. The van der Waals surface area contributed by atoms with Gasteiger partial charge in [-0.2, -0.15) is 0 Å². The summed E-state index contributed by atoms with van der Waals surface area (Å²) in [5, 5.41) is 17.5. The Morgan fingerprint density at radius 1 is 1.26 bits per heavy atom. The molecule has 0 saturated carbocycles. The number of aliphatic hydroxyl groups is 1. The summed E-state index contributed by atoms with van der Waals surface area (Å²) < 4.78 is 9.92. The van der Waals surface area contributed by atoms with E-state index in [0.717, 1.165) is 6.08 Å². The number of benzene rings is 1. The molecule has 1 rings (SSSR count). The Labute approximate surface area is 135 Å². The van der Waals surface area contributed by atoms with Crippen LogP contribution in [0.3, 0.4) is 0 Å². The number of carboxylic acid groups (broad SMARTS) is 1. The molecule has 6 nitrogen and oxygen atoms in total. The van der Waals surface area contributed by atoms with E-state index in [-0.39, 0.29) is 18.8 Å². The van der Waals surface area contributed by atoms with Gasteiger partial charge in [0.15, 0.2) is 0 Å². The third-order valence-corrected chi connectivity index (χ3v) is 2.50. The van der Waals surface area contributed by atoms with E-state index < -0.39 is 18.0 Å². The van der Waals surface area contributed by atoms with Gasteiger partial charge in [-0.25, -0.2) is 9.59 Å². The summed E-state index contributed by atoms with van der Waals surface area (Å²) >= 11 is 0. The highest BCUT2D eigenvalue weighted by molar-refractivity contribution is 5.85. The zero-order valence-corrected chi connectivity index (χ0v) is 13.1. The van der Waals surface area contributed by atoms with E-state index in [1.165, 1.54) is 0 Å². The Morgan fingerprint density at radius 2 is 1.87 bits per heavy atom. The van der Waals surface area contributed by atoms with Gasteiger partial charge in [-0.15, -0.1) is 0 Å². The molecule has 1 aromatic rings. The minimum atomic E-state index is -0.900. The Bertz CT molecular complexity index is 509. The standard InChI is InChI=1S/C12H14O4.C5H8O2/c1-2-12(14)16-9-10(13)8-15-11-6-4-3-5-7-11;1-3-4(2)5(6)7/h2-7,10,13H,1,8-9H2;2-3H2,1H3,(H,6,7). The smallest absolute Gasteiger partial charge is 0.330 e. The Balaban J connectivity index is 0.000000585. The van der Waals surface area contributed by atoms with E-state index in [9.17, 15) is 14.7 Å². The Kier molecular flexibility index (Phi) is 10.6. The van der Waals surface area contributed by atoms with Crippen molar-refractivity contribution in [2.75, 3.05) is 13.2 Å². The zero-order chi connectivity index (χ0) is 17.7. The van der Waals surface area contributed by atoms with E-state index in [1.807, 2.05) is 18.2 Å². The first-order chi connectivity index (χ1) is 10.9. The van der Waals surface area contributed by atoms with Crippen molar-refractivity contribution in [3.8, 4) is 5.75 Å². The molecule has 0 heterocycles. The van der Waals surface area contributed by atoms with Gasteiger partial charge in [-0.05, 0) is 18.6 Å². The summed E-state index contributed by atoms with van der Waals surface area (Å²) in [5.74, 6) is -0.794. The fourth-order valence-electron chi connectivity index (χ4n) is 1.15. The predicted molar refractivity (Wildman–Crippen MR) is 86.2 cm³/mol. The molecule has 0 aliphatic carbocycles. The maximum atomic E-state index is 10.7. The van der Waals surface area contributed by atoms with Gasteiger partial charge < -0.3 is 19.7 Å². The third-order valence-electron chi connectivity index (χ3n) is 2.50. The number of ether oxygens (including phenoxy) is 2. The number of carboxylic acids is 1. The number of carbonyl (C=O) groups is 2. The van der Waals surface area contributed by atoms with Crippen LogP contribution in [-0.4, -0.2) is 41.5 Å². The molecule has 1 aromatic carbocycles.